The van der Waals surface area contributed by atoms with E-state index in [0.717, 1.165) is 25.2 Å². The topological polar surface area (TPSA) is 79.5 Å². The SMILES string of the molecule is CC(C)C(=O)NCCC1CNCC(C=CN)=N1. The molecule has 17 heavy (non-hydrogen) atoms. The van der Waals surface area contributed by atoms with Crippen LogP contribution in [0.3, 0.4) is 0 Å². The third-order valence-corrected chi connectivity index (χ3v) is 2.62. The quantitative estimate of drug-likeness (QED) is 0.632. The molecular formula is C12H22N4O. The maximum atomic E-state index is 11.4. The van der Waals surface area contributed by atoms with Crippen LogP contribution in [0.1, 0.15) is 20.3 Å². The Hall–Kier alpha value is -1.36. The molecule has 5 nitrogen and oxygen atoms in total. The van der Waals surface area contributed by atoms with E-state index < -0.39 is 0 Å². The summed E-state index contributed by atoms with van der Waals surface area (Å²) in [5.74, 6) is 0.138. The minimum atomic E-state index is 0.0405. The maximum absolute atomic E-state index is 11.4. The minimum absolute atomic E-state index is 0.0405. The van der Waals surface area contributed by atoms with Gasteiger partial charge in [-0.3, -0.25) is 9.79 Å². The number of aliphatic imine (C=N–C) groups is 1. The van der Waals surface area contributed by atoms with Crippen molar-refractivity contribution in [3.05, 3.63) is 12.3 Å². The molecule has 96 valence electrons. The second kappa shape index (κ2) is 7.06. The molecule has 1 aliphatic rings. The van der Waals surface area contributed by atoms with Gasteiger partial charge in [-0.25, -0.2) is 0 Å². The van der Waals surface area contributed by atoms with E-state index >= 15 is 0 Å². The van der Waals surface area contributed by atoms with Gasteiger partial charge >= 0.3 is 0 Å². The Morgan fingerprint density at radius 3 is 3.12 bits per heavy atom. The number of carbonyl (C=O) groups is 1. The van der Waals surface area contributed by atoms with Crippen molar-refractivity contribution in [1.29, 1.82) is 0 Å². The first-order valence-electron chi connectivity index (χ1n) is 6.07. The highest BCUT2D eigenvalue weighted by Crippen LogP contribution is 2.02. The first-order chi connectivity index (χ1) is 8.13. The predicted molar refractivity (Wildman–Crippen MR) is 69.9 cm³/mol. The summed E-state index contributed by atoms with van der Waals surface area (Å²) in [4.78, 5) is 15.9. The van der Waals surface area contributed by atoms with Crippen LogP contribution in [0.25, 0.3) is 0 Å². The molecule has 0 aromatic rings. The van der Waals surface area contributed by atoms with Gasteiger partial charge in [-0.05, 0) is 18.7 Å². The molecule has 1 heterocycles. The Morgan fingerprint density at radius 1 is 1.71 bits per heavy atom. The van der Waals surface area contributed by atoms with E-state index in [1.807, 2.05) is 19.9 Å². The van der Waals surface area contributed by atoms with E-state index in [4.69, 9.17) is 5.73 Å². The molecule has 1 aliphatic heterocycles. The molecule has 0 aromatic carbocycles. The smallest absolute Gasteiger partial charge is 0.222 e. The Bertz CT molecular complexity index is 310. The molecule has 0 saturated carbocycles. The van der Waals surface area contributed by atoms with E-state index in [0.29, 0.717) is 6.54 Å². The number of carbonyl (C=O) groups excluding carboxylic acids is 1. The number of amides is 1. The van der Waals surface area contributed by atoms with Crippen LogP contribution in [0, 0.1) is 5.92 Å². The molecule has 0 spiro atoms. The third-order valence-electron chi connectivity index (χ3n) is 2.62. The van der Waals surface area contributed by atoms with E-state index in [1.54, 1.807) is 0 Å². The van der Waals surface area contributed by atoms with Gasteiger partial charge in [0.1, 0.15) is 0 Å². The molecule has 1 amide bonds. The molecule has 1 atom stereocenters. The van der Waals surface area contributed by atoms with Crippen molar-refractivity contribution in [2.75, 3.05) is 19.6 Å². The van der Waals surface area contributed by atoms with Gasteiger partial charge in [0, 0.05) is 25.6 Å². The molecule has 0 aromatic heterocycles. The second-order valence-corrected chi connectivity index (χ2v) is 4.50. The van der Waals surface area contributed by atoms with Gasteiger partial charge in [-0.2, -0.15) is 0 Å². The van der Waals surface area contributed by atoms with E-state index in [9.17, 15) is 4.79 Å². The van der Waals surface area contributed by atoms with Gasteiger partial charge < -0.3 is 16.4 Å². The van der Waals surface area contributed by atoms with E-state index in [1.165, 1.54) is 6.20 Å². The van der Waals surface area contributed by atoms with Gasteiger partial charge in [0.25, 0.3) is 0 Å². The molecule has 5 heteroatoms. The van der Waals surface area contributed by atoms with Crippen molar-refractivity contribution >= 4 is 11.6 Å². The van der Waals surface area contributed by atoms with Gasteiger partial charge in [0.2, 0.25) is 5.91 Å². The fourth-order valence-electron chi connectivity index (χ4n) is 1.64. The molecular weight excluding hydrogens is 216 g/mol. The lowest BCUT2D eigenvalue weighted by Gasteiger charge is -2.20. The molecule has 1 unspecified atom stereocenters. The number of nitrogens with one attached hydrogen (secondary N) is 2. The maximum Gasteiger partial charge on any atom is 0.222 e. The summed E-state index contributed by atoms with van der Waals surface area (Å²) in [5, 5.41) is 6.18. The largest absolute Gasteiger partial charge is 0.405 e. The van der Waals surface area contributed by atoms with Crippen LogP contribution in [-0.2, 0) is 4.79 Å². The van der Waals surface area contributed by atoms with Crippen LogP contribution in [0.4, 0.5) is 0 Å². The number of nitrogens with two attached hydrogens (primary N) is 1. The summed E-state index contributed by atoms with van der Waals surface area (Å²) in [5.41, 5.74) is 6.30. The lowest BCUT2D eigenvalue weighted by molar-refractivity contribution is -0.123. The highest BCUT2D eigenvalue weighted by atomic mass is 16.1. The van der Waals surface area contributed by atoms with Gasteiger partial charge in [-0.1, -0.05) is 13.8 Å². The summed E-state index contributed by atoms with van der Waals surface area (Å²) < 4.78 is 0. The predicted octanol–water partition coefficient (Wildman–Crippen LogP) is 0.0339. The zero-order valence-corrected chi connectivity index (χ0v) is 10.6. The number of hydrogen-bond acceptors (Lipinski definition) is 4. The average molecular weight is 238 g/mol. The fraction of sp³-hybridized carbons (Fsp3) is 0.667. The molecule has 0 saturated heterocycles. The van der Waals surface area contributed by atoms with Crippen molar-refractivity contribution in [1.82, 2.24) is 10.6 Å². The molecule has 4 N–H and O–H groups in total. The number of rotatable bonds is 5. The van der Waals surface area contributed by atoms with Crippen LogP contribution in [0.15, 0.2) is 17.3 Å². The summed E-state index contributed by atoms with van der Waals surface area (Å²) in [6, 6.07) is 0.224. The van der Waals surface area contributed by atoms with Crippen molar-refractivity contribution in [3.63, 3.8) is 0 Å². The minimum Gasteiger partial charge on any atom is -0.405 e. The molecule has 0 fully saturated rings. The number of hydrogen-bond donors (Lipinski definition) is 3. The Labute approximate surface area is 103 Å². The summed E-state index contributed by atoms with van der Waals surface area (Å²) in [6.07, 6.45) is 4.17. The summed E-state index contributed by atoms with van der Waals surface area (Å²) in [6.45, 7) is 6.08. The monoisotopic (exact) mass is 238 g/mol. The number of nitrogens with zero attached hydrogens (tertiary/aromatic N) is 1. The molecule has 0 aliphatic carbocycles. The molecule has 0 bridgehead atoms. The van der Waals surface area contributed by atoms with Crippen LogP contribution >= 0.6 is 0 Å². The standard InChI is InChI=1S/C12H22N4O/c1-9(2)12(17)15-6-4-11-8-14-7-10(16-11)3-5-13/h3,5,9,11,14H,4,6-8,13H2,1-2H3,(H,15,17). The van der Waals surface area contributed by atoms with Crippen LogP contribution < -0.4 is 16.4 Å². The summed E-state index contributed by atoms with van der Waals surface area (Å²) >= 11 is 0. The van der Waals surface area contributed by atoms with Gasteiger partial charge in [0.05, 0.1) is 11.8 Å². The lowest BCUT2D eigenvalue weighted by Crippen LogP contribution is -2.38. The highest BCUT2D eigenvalue weighted by Gasteiger charge is 2.13. The Balaban J connectivity index is 2.32. The van der Waals surface area contributed by atoms with Gasteiger partial charge in [-0.15, -0.1) is 0 Å². The third kappa shape index (κ3) is 4.99. The van der Waals surface area contributed by atoms with Crippen molar-refractivity contribution in [3.8, 4) is 0 Å². The first kappa shape index (κ1) is 13.7. The zero-order valence-electron chi connectivity index (χ0n) is 10.6. The second-order valence-electron chi connectivity index (χ2n) is 4.50. The van der Waals surface area contributed by atoms with Crippen LogP contribution in [-0.4, -0.2) is 37.3 Å². The molecule has 1 rings (SSSR count). The lowest BCUT2D eigenvalue weighted by atomic mass is 10.1. The van der Waals surface area contributed by atoms with Crippen molar-refractivity contribution in [2.24, 2.45) is 16.6 Å². The van der Waals surface area contributed by atoms with E-state index in [-0.39, 0.29) is 17.9 Å². The van der Waals surface area contributed by atoms with Crippen molar-refractivity contribution < 1.29 is 4.79 Å². The summed E-state index contributed by atoms with van der Waals surface area (Å²) in [7, 11) is 0. The highest BCUT2D eigenvalue weighted by molar-refractivity contribution is 5.97. The fourth-order valence-corrected chi connectivity index (χ4v) is 1.64. The van der Waals surface area contributed by atoms with Crippen molar-refractivity contribution in [2.45, 2.75) is 26.3 Å². The first-order valence-corrected chi connectivity index (χ1v) is 6.07. The Morgan fingerprint density at radius 2 is 2.47 bits per heavy atom. The normalized spacial score (nSPS) is 20.6. The molecule has 0 radical (unpaired) electrons. The zero-order chi connectivity index (χ0) is 12.7. The van der Waals surface area contributed by atoms with Gasteiger partial charge in [0.15, 0.2) is 0 Å². The van der Waals surface area contributed by atoms with E-state index in [2.05, 4.69) is 15.6 Å². The van der Waals surface area contributed by atoms with Crippen LogP contribution in [0.5, 0.6) is 0 Å². The Kier molecular flexibility index (Phi) is 5.69. The van der Waals surface area contributed by atoms with Crippen LogP contribution in [0.2, 0.25) is 0 Å². The average Bonchev–Trinajstić information content (AvgIpc) is 2.29.